The number of anilines is 1. The predicted molar refractivity (Wildman–Crippen MR) is 87.6 cm³/mol. The molecule has 0 fully saturated rings. The molecule has 0 radical (unpaired) electrons. The van der Waals surface area contributed by atoms with Gasteiger partial charge in [-0.15, -0.1) is 0 Å². The quantitative estimate of drug-likeness (QED) is 0.651. The Labute approximate surface area is 126 Å². The van der Waals surface area contributed by atoms with Crippen LogP contribution in [-0.4, -0.2) is 36.0 Å². The highest BCUT2D eigenvalue weighted by Gasteiger charge is 2.10. The summed E-state index contributed by atoms with van der Waals surface area (Å²) < 4.78 is 0. The molecule has 0 aromatic carbocycles. The van der Waals surface area contributed by atoms with E-state index in [2.05, 4.69) is 21.9 Å². The van der Waals surface area contributed by atoms with E-state index in [1.165, 1.54) is 25.0 Å². The van der Waals surface area contributed by atoms with E-state index in [-0.39, 0.29) is 5.91 Å². The smallest absolute Gasteiger partial charge is 0.255 e. The number of hydrogen-bond acceptors (Lipinski definition) is 4. The van der Waals surface area contributed by atoms with Crippen molar-refractivity contribution in [1.29, 1.82) is 0 Å². The first kappa shape index (κ1) is 16.8. The molecule has 1 aromatic heterocycles. The summed E-state index contributed by atoms with van der Waals surface area (Å²) in [5.74, 6) is 1.85. The zero-order chi connectivity index (χ0) is 14.6. The number of unbranched alkanes of at least 4 members (excludes halogenated alkanes) is 3. The van der Waals surface area contributed by atoms with Crippen LogP contribution >= 0.6 is 11.8 Å². The fraction of sp³-hybridized carbons (Fsp3) is 0.600. The van der Waals surface area contributed by atoms with Crippen molar-refractivity contribution in [2.75, 3.05) is 30.4 Å². The number of thioether (sulfide) groups is 1. The molecular weight excluding hydrogens is 270 g/mol. The molecule has 20 heavy (non-hydrogen) atoms. The van der Waals surface area contributed by atoms with Crippen molar-refractivity contribution in [1.82, 2.24) is 10.3 Å². The van der Waals surface area contributed by atoms with E-state index in [0.717, 1.165) is 19.5 Å². The molecule has 0 saturated heterocycles. The topological polar surface area (TPSA) is 54.0 Å². The first-order valence-corrected chi connectivity index (χ1v) is 8.65. The van der Waals surface area contributed by atoms with E-state index >= 15 is 0 Å². The molecule has 1 heterocycles. The van der Waals surface area contributed by atoms with Crippen LogP contribution < -0.4 is 10.6 Å². The van der Waals surface area contributed by atoms with Crippen LogP contribution in [0, 0.1) is 0 Å². The molecule has 2 N–H and O–H groups in total. The number of rotatable bonds is 10. The number of carbonyl (C=O) groups excluding carboxylic acids is 1. The third-order valence-corrected chi connectivity index (χ3v) is 3.65. The number of carbonyl (C=O) groups is 1. The van der Waals surface area contributed by atoms with Crippen molar-refractivity contribution in [3.63, 3.8) is 0 Å². The maximum Gasteiger partial charge on any atom is 0.255 e. The van der Waals surface area contributed by atoms with Crippen LogP contribution in [0.3, 0.4) is 0 Å². The molecule has 0 bridgehead atoms. The summed E-state index contributed by atoms with van der Waals surface area (Å²) in [7, 11) is 0. The Morgan fingerprint density at radius 1 is 1.30 bits per heavy atom. The Hall–Kier alpha value is -1.23. The first-order valence-electron chi connectivity index (χ1n) is 7.25. The third-order valence-electron chi connectivity index (χ3n) is 2.96. The van der Waals surface area contributed by atoms with E-state index in [4.69, 9.17) is 0 Å². The number of hydrogen-bond donors (Lipinski definition) is 2. The summed E-state index contributed by atoms with van der Waals surface area (Å²) in [6.45, 7) is 3.48. The Morgan fingerprint density at radius 2 is 2.10 bits per heavy atom. The summed E-state index contributed by atoms with van der Waals surface area (Å²) in [5, 5.41) is 6.07. The average Bonchev–Trinajstić information content (AvgIpc) is 2.47. The SMILES string of the molecule is CCNc1ncccc1C(=O)NCCCCCCSC. The summed E-state index contributed by atoms with van der Waals surface area (Å²) in [6.07, 6.45) is 8.55. The third kappa shape index (κ3) is 6.28. The van der Waals surface area contributed by atoms with E-state index in [1.807, 2.05) is 18.7 Å². The maximum absolute atomic E-state index is 12.1. The van der Waals surface area contributed by atoms with Crippen molar-refractivity contribution in [3.05, 3.63) is 23.9 Å². The fourth-order valence-electron chi connectivity index (χ4n) is 1.92. The predicted octanol–water partition coefficient (Wildman–Crippen LogP) is 3.17. The van der Waals surface area contributed by atoms with Crippen LogP contribution in [0.15, 0.2) is 18.3 Å². The lowest BCUT2D eigenvalue weighted by Crippen LogP contribution is -2.25. The molecule has 1 rings (SSSR count). The lowest BCUT2D eigenvalue weighted by Gasteiger charge is -2.09. The lowest BCUT2D eigenvalue weighted by atomic mass is 10.2. The molecule has 1 aromatic rings. The molecule has 0 aliphatic heterocycles. The van der Waals surface area contributed by atoms with Crippen LogP contribution in [0.5, 0.6) is 0 Å². The summed E-state index contributed by atoms with van der Waals surface area (Å²) in [6, 6.07) is 3.59. The molecule has 1 amide bonds. The molecule has 0 spiro atoms. The minimum Gasteiger partial charge on any atom is -0.370 e. The summed E-state index contributed by atoms with van der Waals surface area (Å²) in [5.41, 5.74) is 0.622. The fourth-order valence-corrected chi connectivity index (χ4v) is 2.41. The average molecular weight is 295 g/mol. The van der Waals surface area contributed by atoms with Gasteiger partial charge in [-0.25, -0.2) is 4.98 Å². The van der Waals surface area contributed by atoms with E-state index in [1.54, 1.807) is 18.3 Å². The highest BCUT2D eigenvalue weighted by molar-refractivity contribution is 7.98. The Bertz CT molecular complexity index is 398. The van der Waals surface area contributed by atoms with Crippen LogP contribution in [0.1, 0.15) is 43.0 Å². The molecule has 0 aliphatic rings. The van der Waals surface area contributed by atoms with Gasteiger partial charge in [-0.05, 0) is 43.9 Å². The van der Waals surface area contributed by atoms with E-state index in [9.17, 15) is 4.79 Å². The molecule has 4 nitrogen and oxygen atoms in total. The standard InChI is InChI=1S/C15H25N3OS/c1-3-16-14-13(9-8-11-17-14)15(19)18-10-6-4-5-7-12-20-2/h8-9,11H,3-7,10,12H2,1-2H3,(H,16,17)(H,18,19). The van der Waals surface area contributed by atoms with E-state index in [0.29, 0.717) is 11.4 Å². The van der Waals surface area contributed by atoms with Gasteiger partial charge in [0.1, 0.15) is 5.82 Å². The van der Waals surface area contributed by atoms with Crippen LogP contribution in [0.25, 0.3) is 0 Å². The Morgan fingerprint density at radius 3 is 2.85 bits per heavy atom. The molecular formula is C15H25N3OS. The van der Waals surface area contributed by atoms with Gasteiger partial charge in [-0.1, -0.05) is 12.8 Å². The number of pyridine rings is 1. The highest BCUT2D eigenvalue weighted by atomic mass is 32.2. The van der Waals surface area contributed by atoms with Crippen molar-refractivity contribution < 1.29 is 4.79 Å². The molecule has 0 unspecified atom stereocenters. The van der Waals surface area contributed by atoms with Gasteiger partial charge < -0.3 is 10.6 Å². The van der Waals surface area contributed by atoms with Gasteiger partial charge in [0.15, 0.2) is 0 Å². The van der Waals surface area contributed by atoms with Gasteiger partial charge >= 0.3 is 0 Å². The van der Waals surface area contributed by atoms with Gasteiger partial charge in [0, 0.05) is 19.3 Å². The highest BCUT2D eigenvalue weighted by Crippen LogP contribution is 2.11. The monoisotopic (exact) mass is 295 g/mol. The molecule has 0 atom stereocenters. The van der Waals surface area contributed by atoms with Crippen LogP contribution in [0.2, 0.25) is 0 Å². The zero-order valence-electron chi connectivity index (χ0n) is 12.4. The molecule has 5 heteroatoms. The minimum atomic E-state index is -0.0434. The minimum absolute atomic E-state index is 0.0434. The summed E-state index contributed by atoms with van der Waals surface area (Å²) in [4.78, 5) is 16.3. The molecule has 0 aliphatic carbocycles. The van der Waals surface area contributed by atoms with Crippen LogP contribution in [-0.2, 0) is 0 Å². The number of amides is 1. The number of aromatic nitrogens is 1. The van der Waals surface area contributed by atoms with Crippen molar-refractivity contribution in [2.24, 2.45) is 0 Å². The van der Waals surface area contributed by atoms with Gasteiger partial charge in [-0.2, -0.15) is 11.8 Å². The van der Waals surface area contributed by atoms with Gasteiger partial charge in [0.2, 0.25) is 0 Å². The first-order chi connectivity index (χ1) is 9.79. The Balaban J connectivity index is 2.29. The number of nitrogens with one attached hydrogen (secondary N) is 2. The maximum atomic E-state index is 12.1. The second-order valence-electron chi connectivity index (χ2n) is 4.59. The van der Waals surface area contributed by atoms with E-state index < -0.39 is 0 Å². The normalized spacial score (nSPS) is 10.3. The van der Waals surface area contributed by atoms with Gasteiger partial charge in [0.05, 0.1) is 5.56 Å². The Kier molecular flexibility index (Phi) is 8.87. The molecule has 0 saturated carbocycles. The second-order valence-corrected chi connectivity index (χ2v) is 5.58. The summed E-state index contributed by atoms with van der Waals surface area (Å²) >= 11 is 1.89. The second kappa shape index (κ2) is 10.5. The largest absolute Gasteiger partial charge is 0.370 e. The van der Waals surface area contributed by atoms with Crippen molar-refractivity contribution in [3.8, 4) is 0 Å². The van der Waals surface area contributed by atoms with Gasteiger partial charge in [-0.3, -0.25) is 4.79 Å². The number of nitrogens with zero attached hydrogens (tertiary/aromatic N) is 1. The lowest BCUT2D eigenvalue weighted by molar-refractivity contribution is 0.0953. The van der Waals surface area contributed by atoms with Crippen molar-refractivity contribution >= 4 is 23.5 Å². The van der Waals surface area contributed by atoms with Gasteiger partial charge in [0.25, 0.3) is 5.91 Å². The van der Waals surface area contributed by atoms with Crippen molar-refractivity contribution in [2.45, 2.75) is 32.6 Å². The molecule has 112 valence electrons. The zero-order valence-corrected chi connectivity index (χ0v) is 13.3. The van der Waals surface area contributed by atoms with Crippen LogP contribution in [0.4, 0.5) is 5.82 Å².